The summed E-state index contributed by atoms with van der Waals surface area (Å²) in [6.45, 7) is 5.16. The average molecular weight is 419 g/mol. The molecule has 0 aliphatic carbocycles. The number of aliphatic hydroxyl groups is 1. The zero-order valence-corrected chi connectivity index (χ0v) is 17.7. The van der Waals surface area contributed by atoms with Crippen molar-refractivity contribution in [2.45, 2.75) is 32.6 Å². The van der Waals surface area contributed by atoms with Crippen LogP contribution in [0.5, 0.6) is 5.75 Å². The lowest BCUT2D eigenvalue weighted by atomic mass is 9.98. The molecule has 0 saturated heterocycles. The molecule has 0 radical (unpaired) electrons. The Hall–Kier alpha value is -3.24. The quantitative estimate of drug-likeness (QED) is 0.191. The van der Waals surface area contributed by atoms with E-state index in [0.29, 0.717) is 16.9 Å². The maximum atomic E-state index is 14.8. The van der Waals surface area contributed by atoms with Crippen molar-refractivity contribution >= 4 is 5.97 Å². The van der Waals surface area contributed by atoms with Gasteiger partial charge in [0.2, 0.25) is 0 Å². The molecule has 0 atom stereocenters. The van der Waals surface area contributed by atoms with Crippen LogP contribution in [-0.2, 0) is 11.2 Å². The van der Waals surface area contributed by atoms with Crippen LogP contribution in [-0.4, -0.2) is 17.7 Å². The van der Waals surface area contributed by atoms with Gasteiger partial charge in [-0.3, -0.25) is 0 Å². The molecular weight excluding hydrogens is 391 g/mol. The third kappa shape index (κ3) is 5.89. The van der Waals surface area contributed by atoms with Gasteiger partial charge in [0.15, 0.2) is 0 Å². The van der Waals surface area contributed by atoms with Crippen molar-refractivity contribution in [3.63, 3.8) is 0 Å². The van der Waals surface area contributed by atoms with Crippen molar-refractivity contribution in [2.24, 2.45) is 0 Å². The van der Waals surface area contributed by atoms with Crippen molar-refractivity contribution in [2.75, 3.05) is 6.61 Å². The minimum absolute atomic E-state index is 0.0281. The van der Waals surface area contributed by atoms with E-state index in [9.17, 15) is 9.18 Å². The molecule has 0 aliphatic heterocycles. The minimum Gasteiger partial charge on any atom is -0.423 e. The number of aryl methyl sites for hydroxylation is 1. The fourth-order valence-corrected chi connectivity index (χ4v) is 3.32. The molecule has 0 heterocycles. The number of esters is 1. The van der Waals surface area contributed by atoms with Gasteiger partial charge in [0.05, 0.1) is 12.2 Å². The molecule has 1 N–H and O–H groups in total. The summed E-state index contributed by atoms with van der Waals surface area (Å²) < 4.78 is 20.0. The summed E-state index contributed by atoms with van der Waals surface area (Å²) in [6, 6.07) is 20.1. The number of hydrogen-bond acceptors (Lipinski definition) is 3. The highest BCUT2D eigenvalue weighted by Crippen LogP contribution is 2.29. The highest BCUT2D eigenvalue weighted by Gasteiger charge is 2.11. The Labute approximate surface area is 182 Å². The van der Waals surface area contributed by atoms with Crippen LogP contribution in [0.1, 0.15) is 31.7 Å². The monoisotopic (exact) mass is 418 g/mol. The van der Waals surface area contributed by atoms with E-state index in [4.69, 9.17) is 9.84 Å². The normalized spacial score (nSPS) is 10.7. The van der Waals surface area contributed by atoms with Gasteiger partial charge in [-0.05, 0) is 53.3 Å². The SMILES string of the molecule is C=C(CO)C(=O)Oc1ccc(-c2ccc(-c3ccc(CCCCC)cc3)cc2F)cc1. The highest BCUT2D eigenvalue weighted by atomic mass is 19.1. The van der Waals surface area contributed by atoms with Gasteiger partial charge in [-0.1, -0.05) is 74.9 Å². The van der Waals surface area contributed by atoms with E-state index in [0.717, 1.165) is 17.5 Å². The molecule has 0 spiro atoms. The van der Waals surface area contributed by atoms with E-state index in [1.165, 1.54) is 24.8 Å². The van der Waals surface area contributed by atoms with Crippen LogP contribution in [0.4, 0.5) is 4.39 Å². The Balaban J connectivity index is 1.72. The van der Waals surface area contributed by atoms with Crippen LogP contribution >= 0.6 is 0 Å². The first kappa shape index (κ1) is 22.4. The van der Waals surface area contributed by atoms with Crippen LogP contribution in [0, 0.1) is 5.82 Å². The summed E-state index contributed by atoms with van der Waals surface area (Å²) in [5, 5.41) is 8.93. The van der Waals surface area contributed by atoms with Crippen LogP contribution in [0.2, 0.25) is 0 Å². The Kier molecular flexibility index (Phi) is 7.74. The molecule has 3 aromatic carbocycles. The van der Waals surface area contributed by atoms with Crippen molar-refractivity contribution in [3.8, 4) is 28.0 Å². The summed E-state index contributed by atoms with van der Waals surface area (Å²) in [4.78, 5) is 11.7. The van der Waals surface area contributed by atoms with Gasteiger partial charge < -0.3 is 9.84 Å². The van der Waals surface area contributed by atoms with Crippen molar-refractivity contribution in [1.82, 2.24) is 0 Å². The molecule has 160 valence electrons. The van der Waals surface area contributed by atoms with Crippen molar-refractivity contribution < 1.29 is 19.0 Å². The fraction of sp³-hybridized carbons (Fsp3) is 0.222. The second kappa shape index (κ2) is 10.7. The summed E-state index contributed by atoms with van der Waals surface area (Å²) in [5.74, 6) is -0.704. The molecule has 0 fully saturated rings. The van der Waals surface area contributed by atoms with Crippen molar-refractivity contribution in [1.29, 1.82) is 0 Å². The lowest BCUT2D eigenvalue weighted by Gasteiger charge is -2.09. The smallest absolute Gasteiger partial charge is 0.341 e. The van der Waals surface area contributed by atoms with Crippen LogP contribution in [0.25, 0.3) is 22.3 Å². The number of benzene rings is 3. The molecular formula is C27H27FO3. The number of hydrogen-bond donors (Lipinski definition) is 1. The van der Waals surface area contributed by atoms with Crippen LogP contribution in [0.15, 0.2) is 78.9 Å². The number of ether oxygens (including phenoxy) is 1. The first-order valence-corrected chi connectivity index (χ1v) is 10.5. The molecule has 0 unspecified atom stereocenters. The molecule has 0 saturated carbocycles. The lowest BCUT2D eigenvalue weighted by molar-refractivity contribution is -0.130. The standard InChI is InChI=1S/C27H27FO3/c1-3-4-5-6-20-7-9-21(10-8-20)23-13-16-25(26(28)17-23)22-11-14-24(15-12-22)31-27(30)19(2)18-29/h7-17,29H,2-6,18H2,1H3. The number of carbonyl (C=O) groups excluding carboxylic acids is 1. The van der Waals surface area contributed by atoms with Crippen LogP contribution in [0.3, 0.4) is 0 Å². The van der Waals surface area contributed by atoms with Gasteiger partial charge in [-0.15, -0.1) is 0 Å². The first-order chi connectivity index (χ1) is 15.0. The van der Waals surface area contributed by atoms with Crippen LogP contribution < -0.4 is 4.74 Å². The van der Waals surface area contributed by atoms with E-state index in [1.807, 2.05) is 18.2 Å². The van der Waals surface area contributed by atoms with E-state index in [2.05, 4.69) is 25.6 Å². The van der Waals surface area contributed by atoms with Gasteiger partial charge >= 0.3 is 5.97 Å². The van der Waals surface area contributed by atoms with E-state index in [1.54, 1.807) is 36.4 Å². The number of aliphatic hydroxyl groups excluding tert-OH is 1. The molecule has 0 amide bonds. The van der Waals surface area contributed by atoms with Gasteiger partial charge in [0, 0.05) is 5.56 Å². The van der Waals surface area contributed by atoms with E-state index >= 15 is 0 Å². The predicted octanol–water partition coefficient (Wildman–Crippen LogP) is 6.35. The summed E-state index contributed by atoms with van der Waals surface area (Å²) >= 11 is 0. The number of carbonyl (C=O) groups is 1. The van der Waals surface area contributed by atoms with E-state index in [-0.39, 0.29) is 11.4 Å². The van der Waals surface area contributed by atoms with Gasteiger partial charge in [0.1, 0.15) is 11.6 Å². The number of halogens is 1. The molecule has 0 aromatic heterocycles. The summed E-state index contributed by atoms with van der Waals surface area (Å²) in [6.07, 6.45) is 4.70. The maximum absolute atomic E-state index is 14.8. The second-order valence-corrected chi connectivity index (χ2v) is 7.52. The summed E-state index contributed by atoms with van der Waals surface area (Å²) in [5.41, 5.74) is 4.23. The van der Waals surface area contributed by atoms with Crippen molar-refractivity contribution in [3.05, 3.63) is 90.3 Å². The molecule has 4 heteroatoms. The number of unbranched alkanes of at least 4 members (excludes halogenated alkanes) is 2. The third-order valence-electron chi connectivity index (χ3n) is 5.18. The van der Waals surface area contributed by atoms with Gasteiger partial charge in [-0.2, -0.15) is 0 Å². The third-order valence-corrected chi connectivity index (χ3v) is 5.18. The summed E-state index contributed by atoms with van der Waals surface area (Å²) in [7, 11) is 0. The lowest BCUT2D eigenvalue weighted by Crippen LogP contribution is -2.12. The topological polar surface area (TPSA) is 46.5 Å². The van der Waals surface area contributed by atoms with Gasteiger partial charge in [0.25, 0.3) is 0 Å². The Morgan fingerprint density at radius 3 is 2.19 bits per heavy atom. The zero-order chi connectivity index (χ0) is 22.2. The molecule has 0 bridgehead atoms. The van der Waals surface area contributed by atoms with E-state index < -0.39 is 12.6 Å². The van der Waals surface area contributed by atoms with Gasteiger partial charge in [-0.25, -0.2) is 9.18 Å². The molecule has 0 aliphatic rings. The number of rotatable bonds is 9. The highest BCUT2D eigenvalue weighted by molar-refractivity contribution is 5.89. The molecule has 3 rings (SSSR count). The molecule has 31 heavy (non-hydrogen) atoms. The molecule has 3 nitrogen and oxygen atoms in total. The average Bonchev–Trinajstić information content (AvgIpc) is 2.79. The second-order valence-electron chi connectivity index (χ2n) is 7.52. The Morgan fingerprint density at radius 1 is 0.935 bits per heavy atom. The maximum Gasteiger partial charge on any atom is 0.341 e. The minimum atomic E-state index is -0.692. The first-order valence-electron chi connectivity index (χ1n) is 10.5. The zero-order valence-electron chi connectivity index (χ0n) is 17.7. The fourth-order valence-electron chi connectivity index (χ4n) is 3.32. The Bertz CT molecular complexity index is 1040. The largest absolute Gasteiger partial charge is 0.423 e. The Morgan fingerprint density at radius 2 is 1.58 bits per heavy atom. The predicted molar refractivity (Wildman–Crippen MR) is 122 cm³/mol. The molecule has 3 aromatic rings.